The third-order valence-corrected chi connectivity index (χ3v) is 10.8. The summed E-state index contributed by atoms with van der Waals surface area (Å²) >= 11 is 1.84. The van der Waals surface area contributed by atoms with Crippen molar-refractivity contribution in [2.24, 2.45) is 0 Å². The molecule has 10 rings (SSSR count). The molecule has 3 heteroatoms. The summed E-state index contributed by atoms with van der Waals surface area (Å²) in [7, 11) is 0. The molecule has 2 nitrogen and oxygen atoms in total. The molecule has 230 valence electrons. The first-order valence-electron chi connectivity index (χ1n) is 16.6. The van der Waals surface area contributed by atoms with Gasteiger partial charge in [0, 0.05) is 54.3 Å². The Kier molecular flexibility index (Phi) is 6.39. The molecule has 9 aromatic rings. The molecule has 0 saturated carbocycles. The number of hydrogen-bond acceptors (Lipinski definition) is 3. The van der Waals surface area contributed by atoms with Crippen LogP contribution in [0, 0.1) is 0 Å². The maximum Gasteiger partial charge on any atom is 0.137 e. The van der Waals surface area contributed by atoms with Crippen molar-refractivity contribution in [2.75, 3.05) is 4.90 Å². The van der Waals surface area contributed by atoms with E-state index >= 15 is 0 Å². The molecule has 1 aromatic heterocycles. The van der Waals surface area contributed by atoms with E-state index in [0.29, 0.717) is 0 Å². The van der Waals surface area contributed by atoms with Gasteiger partial charge in [0.2, 0.25) is 0 Å². The molecular formula is C46H29NOS. The van der Waals surface area contributed by atoms with E-state index in [-0.39, 0.29) is 0 Å². The number of thiophene rings is 1. The molecule has 0 aliphatic carbocycles. The van der Waals surface area contributed by atoms with Gasteiger partial charge in [-0.2, -0.15) is 0 Å². The van der Waals surface area contributed by atoms with Gasteiger partial charge in [0.25, 0.3) is 0 Å². The van der Waals surface area contributed by atoms with Gasteiger partial charge in [0.15, 0.2) is 0 Å². The Hall–Kier alpha value is -6.16. The summed E-state index contributed by atoms with van der Waals surface area (Å²) in [6.45, 7) is 0. The van der Waals surface area contributed by atoms with Crippen LogP contribution in [0.25, 0.3) is 64.3 Å². The van der Waals surface area contributed by atoms with Gasteiger partial charge in [-0.3, -0.25) is 0 Å². The van der Waals surface area contributed by atoms with Crippen molar-refractivity contribution in [3.8, 4) is 44.9 Å². The number of ether oxygens (including phenoxy) is 1. The van der Waals surface area contributed by atoms with E-state index in [2.05, 4.69) is 181 Å². The highest BCUT2D eigenvalue weighted by Gasteiger charge is 2.25. The van der Waals surface area contributed by atoms with Crippen LogP contribution in [-0.4, -0.2) is 0 Å². The summed E-state index contributed by atoms with van der Waals surface area (Å²) in [6, 6.07) is 63.1. The highest BCUT2D eigenvalue weighted by Crippen LogP contribution is 2.51. The molecule has 0 spiro atoms. The van der Waals surface area contributed by atoms with Crippen LogP contribution >= 0.6 is 11.3 Å². The Morgan fingerprint density at radius 3 is 1.98 bits per heavy atom. The fourth-order valence-electron chi connectivity index (χ4n) is 7.44. The first kappa shape index (κ1) is 27.9. The van der Waals surface area contributed by atoms with Crippen molar-refractivity contribution in [1.29, 1.82) is 0 Å². The summed E-state index contributed by atoms with van der Waals surface area (Å²) < 4.78 is 9.55. The highest BCUT2D eigenvalue weighted by atomic mass is 32.1. The predicted octanol–water partition coefficient (Wildman–Crippen LogP) is 13.8. The van der Waals surface area contributed by atoms with E-state index in [4.69, 9.17) is 4.74 Å². The standard InChI is InChI=1S/C46H29NOS/c1-2-12-30(13-3-1)34-15-8-10-20-41(34)47(32-24-27-45-40(28-32)38-18-9-11-21-44(38)49-45)33-23-25-37-36-17-6-7-19-39(36)46-35-16-5-4-14-31(35)22-26-42(46)48-43(37)29-33/h1-29H. The summed E-state index contributed by atoms with van der Waals surface area (Å²) in [5.41, 5.74) is 10.1. The molecule has 49 heavy (non-hydrogen) atoms. The molecule has 8 aromatic carbocycles. The van der Waals surface area contributed by atoms with Gasteiger partial charge in [-0.05, 0) is 76.0 Å². The number of nitrogens with zero attached hydrogens (tertiary/aromatic N) is 1. The van der Waals surface area contributed by atoms with Crippen LogP contribution in [0.5, 0.6) is 11.5 Å². The zero-order valence-corrected chi connectivity index (χ0v) is 27.3. The molecule has 0 amide bonds. The Balaban J connectivity index is 1.22. The lowest BCUT2D eigenvalue weighted by Crippen LogP contribution is -2.11. The van der Waals surface area contributed by atoms with Gasteiger partial charge in [0.05, 0.1) is 5.69 Å². The van der Waals surface area contributed by atoms with Crippen LogP contribution in [-0.2, 0) is 0 Å². The quantitative estimate of drug-likeness (QED) is 0.189. The third-order valence-electron chi connectivity index (χ3n) is 9.67. The van der Waals surface area contributed by atoms with Gasteiger partial charge in [-0.1, -0.05) is 121 Å². The lowest BCUT2D eigenvalue weighted by Gasteiger charge is -2.28. The molecule has 0 saturated heterocycles. The lowest BCUT2D eigenvalue weighted by molar-refractivity contribution is 0.488. The van der Waals surface area contributed by atoms with Crippen LogP contribution in [0.1, 0.15) is 0 Å². The number of benzene rings is 8. The van der Waals surface area contributed by atoms with E-state index in [1.54, 1.807) is 0 Å². The Bertz CT molecular complexity index is 2710. The van der Waals surface area contributed by atoms with Crippen molar-refractivity contribution in [2.45, 2.75) is 0 Å². The zero-order valence-electron chi connectivity index (χ0n) is 26.5. The molecule has 0 atom stereocenters. The predicted molar refractivity (Wildman–Crippen MR) is 208 cm³/mol. The van der Waals surface area contributed by atoms with Crippen molar-refractivity contribution in [3.05, 3.63) is 176 Å². The Morgan fingerprint density at radius 1 is 0.408 bits per heavy atom. The van der Waals surface area contributed by atoms with Crippen molar-refractivity contribution in [1.82, 2.24) is 0 Å². The number of anilines is 3. The molecule has 0 N–H and O–H groups in total. The molecule has 0 radical (unpaired) electrons. The molecule has 0 unspecified atom stereocenters. The number of fused-ring (bicyclic) bond motifs is 10. The largest absolute Gasteiger partial charge is 0.456 e. The van der Waals surface area contributed by atoms with Gasteiger partial charge in [-0.25, -0.2) is 0 Å². The van der Waals surface area contributed by atoms with Crippen molar-refractivity contribution in [3.63, 3.8) is 0 Å². The van der Waals surface area contributed by atoms with Crippen LogP contribution in [0.3, 0.4) is 0 Å². The van der Waals surface area contributed by atoms with E-state index in [0.717, 1.165) is 45.3 Å². The van der Waals surface area contributed by atoms with Crippen LogP contribution < -0.4 is 9.64 Å². The van der Waals surface area contributed by atoms with E-state index in [9.17, 15) is 0 Å². The van der Waals surface area contributed by atoms with Crippen LogP contribution in [0.15, 0.2) is 176 Å². The van der Waals surface area contributed by atoms with E-state index < -0.39 is 0 Å². The topological polar surface area (TPSA) is 12.5 Å². The molecule has 1 aliphatic heterocycles. The Labute approximate surface area is 288 Å². The number of hydrogen-bond donors (Lipinski definition) is 0. The van der Waals surface area contributed by atoms with Gasteiger partial charge in [-0.15, -0.1) is 11.3 Å². The minimum atomic E-state index is 0.836. The maximum absolute atomic E-state index is 6.96. The number of para-hydroxylation sites is 1. The first-order chi connectivity index (χ1) is 24.3. The second kappa shape index (κ2) is 11.2. The lowest BCUT2D eigenvalue weighted by atomic mass is 9.91. The summed E-state index contributed by atoms with van der Waals surface area (Å²) in [5.74, 6) is 1.70. The fraction of sp³-hybridized carbons (Fsp3) is 0. The number of rotatable bonds is 4. The fourth-order valence-corrected chi connectivity index (χ4v) is 8.52. The Morgan fingerprint density at radius 2 is 1.08 bits per heavy atom. The smallest absolute Gasteiger partial charge is 0.137 e. The summed E-state index contributed by atoms with van der Waals surface area (Å²) in [4.78, 5) is 2.38. The normalized spacial score (nSPS) is 11.8. The second-order valence-corrected chi connectivity index (χ2v) is 13.6. The van der Waals surface area contributed by atoms with Crippen molar-refractivity contribution < 1.29 is 4.74 Å². The first-order valence-corrected chi connectivity index (χ1v) is 17.4. The monoisotopic (exact) mass is 643 g/mol. The average molecular weight is 644 g/mol. The van der Waals surface area contributed by atoms with Gasteiger partial charge < -0.3 is 9.64 Å². The summed E-state index contributed by atoms with van der Waals surface area (Å²) in [5, 5.41) is 4.94. The zero-order chi connectivity index (χ0) is 32.3. The van der Waals surface area contributed by atoms with Gasteiger partial charge in [0.1, 0.15) is 11.5 Å². The molecule has 0 fully saturated rings. The second-order valence-electron chi connectivity index (χ2n) is 12.5. The molecule has 1 aliphatic rings. The average Bonchev–Trinajstić information content (AvgIpc) is 3.46. The minimum Gasteiger partial charge on any atom is -0.456 e. The van der Waals surface area contributed by atoms with Gasteiger partial charge >= 0.3 is 0 Å². The molecular weight excluding hydrogens is 615 g/mol. The van der Waals surface area contributed by atoms with Crippen LogP contribution in [0.2, 0.25) is 0 Å². The minimum absolute atomic E-state index is 0.836. The van der Waals surface area contributed by atoms with Crippen molar-refractivity contribution >= 4 is 59.3 Å². The SMILES string of the molecule is c1ccc(-c2ccccc2N(c2ccc3c(c2)Oc2ccc4ccccc4c2-c2ccccc2-3)c2ccc3sc4ccccc4c3c2)cc1. The van der Waals surface area contributed by atoms with Crippen LogP contribution in [0.4, 0.5) is 17.1 Å². The third kappa shape index (κ3) is 4.55. The van der Waals surface area contributed by atoms with E-state index in [1.807, 2.05) is 11.3 Å². The highest BCUT2D eigenvalue weighted by molar-refractivity contribution is 7.25. The summed E-state index contributed by atoms with van der Waals surface area (Å²) in [6.07, 6.45) is 0. The maximum atomic E-state index is 6.96. The van der Waals surface area contributed by atoms with E-state index in [1.165, 1.54) is 47.6 Å². The molecule has 2 heterocycles. The molecule has 0 bridgehead atoms.